The van der Waals surface area contributed by atoms with Crippen LogP contribution in [0.4, 0.5) is 5.69 Å². The summed E-state index contributed by atoms with van der Waals surface area (Å²) in [4.78, 5) is 16.5. The van der Waals surface area contributed by atoms with Crippen molar-refractivity contribution in [1.29, 1.82) is 0 Å². The first-order chi connectivity index (χ1) is 12.8. The molecule has 1 aromatic heterocycles. The standard InChI is InChI=1S/C18H16N4O3S/c23-17(13-3-6-15-16(9-13)25-8-7-24-15)21-14-4-1-12(2-5-14)10-26-18-19-11-20-22-18/h1-6,9,11H,7-8,10H2,(H,21,23)(H,19,20,22). The second kappa shape index (κ2) is 7.49. The molecule has 0 aliphatic carbocycles. The molecule has 26 heavy (non-hydrogen) atoms. The monoisotopic (exact) mass is 368 g/mol. The number of carbonyl (C=O) groups is 1. The van der Waals surface area contributed by atoms with Crippen molar-refractivity contribution in [3.8, 4) is 11.5 Å². The van der Waals surface area contributed by atoms with E-state index < -0.39 is 0 Å². The minimum absolute atomic E-state index is 0.189. The average Bonchev–Trinajstić information content (AvgIpc) is 3.21. The van der Waals surface area contributed by atoms with Crippen LogP contribution in [0.15, 0.2) is 53.9 Å². The van der Waals surface area contributed by atoms with Crippen LogP contribution >= 0.6 is 11.8 Å². The lowest BCUT2D eigenvalue weighted by molar-refractivity contribution is 0.102. The van der Waals surface area contributed by atoms with Gasteiger partial charge in [-0.25, -0.2) is 4.98 Å². The van der Waals surface area contributed by atoms with Gasteiger partial charge in [-0.1, -0.05) is 23.9 Å². The van der Waals surface area contributed by atoms with E-state index in [1.165, 1.54) is 6.33 Å². The third-order valence-corrected chi connectivity index (χ3v) is 4.73. The minimum atomic E-state index is -0.189. The Balaban J connectivity index is 1.38. The summed E-state index contributed by atoms with van der Waals surface area (Å²) in [6.45, 7) is 1.02. The van der Waals surface area contributed by atoms with Crippen molar-refractivity contribution in [3.63, 3.8) is 0 Å². The molecular weight excluding hydrogens is 352 g/mol. The van der Waals surface area contributed by atoms with Crippen molar-refractivity contribution in [2.75, 3.05) is 18.5 Å². The van der Waals surface area contributed by atoms with E-state index >= 15 is 0 Å². The summed E-state index contributed by atoms with van der Waals surface area (Å²) < 4.78 is 11.0. The fraction of sp³-hybridized carbons (Fsp3) is 0.167. The van der Waals surface area contributed by atoms with E-state index in [4.69, 9.17) is 9.47 Å². The summed E-state index contributed by atoms with van der Waals surface area (Å²) in [6, 6.07) is 12.9. The summed E-state index contributed by atoms with van der Waals surface area (Å²) in [5, 5.41) is 10.3. The number of amides is 1. The molecule has 0 saturated carbocycles. The van der Waals surface area contributed by atoms with Crippen molar-refractivity contribution in [3.05, 3.63) is 59.9 Å². The van der Waals surface area contributed by atoms with Gasteiger partial charge in [0.15, 0.2) is 16.7 Å². The van der Waals surface area contributed by atoms with Crippen LogP contribution in [0.1, 0.15) is 15.9 Å². The maximum Gasteiger partial charge on any atom is 0.255 e. The van der Waals surface area contributed by atoms with Crippen molar-refractivity contribution in [2.45, 2.75) is 10.9 Å². The van der Waals surface area contributed by atoms with Crippen LogP contribution in [-0.2, 0) is 5.75 Å². The van der Waals surface area contributed by atoms with E-state index in [9.17, 15) is 4.79 Å². The van der Waals surface area contributed by atoms with Gasteiger partial charge in [0, 0.05) is 17.0 Å². The first-order valence-electron chi connectivity index (χ1n) is 8.06. The number of carbonyl (C=O) groups excluding carboxylic acids is 1. The maximum atomic E-state index is 12.4. The molecule has 0 radical (unpaired) electrons. The first kappa shape index (κ1) is 16.5. The lowest BCUT2D eigenvalue weighted by Gasteiger charge is -2.18. The average molecular weight is 368 g/mol. The molecule has 1 aliphatic heterocycles. The summed E-state index contributed by atoms with van der Waals surface area (Å²) in [5.74, 6) is 1.85. The van der Waals surface area contributed by atoms with Gasteiger partial charge in [0.2, 0.25) is 0 Å². The third-order valence-electron chi connectivity index (χ3n) is 3.78. The molecule has 3 aromatic rings. The number of rotatable bonds is 5. The molecule has 1 amide bonds. The highest BCUT2D eigenvalue weighted by molar-refractivity contribution is 7.98. The molecule has 4 rings (SSSR count). The highest BCUT2D eigenvalue weighted by Gasteiger charge is 2.15. The topological polar surface area (TPSA) is 89.1 Å². The Morgan fingerprint density at radius 1 is 1.12 bits per heavy atom. The Kier molecular flexibility index (Phi) is 4.74. The van der Waals surface area contributed by atoms with Crippen LogP contribution in [-0.4, -0.2) is 34.3 Å². The third kappa shape index (κ3) is 3.80. The molecule has 0 unspecified atom stereocenters. The van der Waals surface area contributed by atoms with Gasteiger partial charge in [-0.3, -0.25) is 9.89 Å². The number of H-pyrrole nitrogens is 1. The lowest BCUT2D eigenvalue weighted by Crippen LogP contribution is -2.17. The molecule has 2 aromatic carbocycles. The Bertz CT molecular complexity index is 897. The number of ether oxygens (including phenoxy) is 2. The number of aromatic amines is 1. The molecule has 132 valence electrons. The van der Waals surface area contributed by atoms with Gasteiger partial charge in [0.25, 0.3) is 5.91 Å². The van der Waals surface area contributed by atoms with Crippen LogP contribution in [0.2, 0.25) is 0 Å². The number of aromatic nitrogens is 3. The molecule has 8 heteroatoms. The Hall–Kier alpha value is -3.00. The van der Waals surface area contributed by atoms with E-state index in [0.717, 1.165) is 22.2 Å². The number of hydrogen-bond donors (Lipinski definition) is 2. The maximum absolute atomic E-state index is 12.4. The fourth-order valence-electron chi connectivity index (χ4n) is 2.49. The van der Waals surface area contributed by atoms with Crippen LogP contribution in [0.25, 0.3) is 0 Å². The molecule has 0 atom stereocenters. The van der Waals surface area contributed by atoms with Gasteiger partial charge in [0.05, 0.1) is 0 Å². The summed E-state index contributed by atoms with van der Waals surface area (Å²) >= 11 is 1.57. The number of anilines is 1. The highest BCUT2D eigenvalue weighted by Crippen LogP contribution is 2.31. The van der Waals surface area contributed by atoms with Crippen molar-refractivity contribution >= 4 is 23.4 Å². The zero-order valence-corrected chi connectivity index (χ0v) is 14.6. The second-order valence-corrected chi connectivity index (χ2v) is 6.55. The predicted octanol–water partition coefficient (Wildman–Crippen LogP) is 3.12. The molecule has 0 spiro atoms. The second-order valence-electron chi connectivity index (χ2n) is 5.59. The zero-order valence-electron chi connectivity index (χ0n) is 13.8. The lowest BCUT2D eigenvalue weighted by atomic mass is 10.1. The Morgan fingerprint density at radius 3 is 2.69 bits per heavy atom. The Labute approximate surface area is 154 Å². The van der Waals surface area contributed by atoms with Gasteiger partial charge in [-0.15, -0.1) is 0 Å². The zero-order chi connectivity index (χ0) is 17.8. The van der Waals surface area contributed by atoms with E-state index in [1.807, 2.05) is 24.3 Å². The van der Waals surface area contributed by atoms with Gasteiger partial charge < -0.3 is 14.8 Å². The quantitative estimate of drug-likeness (QED) is 0.673. The van der Waals surface area contributed by atoms with Gasteiger partial charge in [-0.2, -0.15) is 5.10 Å². The number of fused-ring (bicyclic) bond motifs is 1. The van der Waals surface area contributed by atoms with E-state index in [0.29, 0.717) is 30.3 Å². The SMILES string of the molecule is O=C(Nc1ccc(CSc2ncn[nH]2)cc1)c1ccc2c(c1)OCCO2. The number of nitrogens with zero attached hydrogens (tertiary/aromatic N) is 2. The summed E-state index contributed by atoms with van der Waals surface area (Å²) in [6.07, 6.45) is 1.48. The van der Waals surface area contributed by atoms with E-state index in [2.05, 4.69) is 20.5 Å². The molecule has 7 nitrogen and oxygen atoms in total. The molecular formula is C18H16N4O3S. The van der Waals surface area contributed by atoms with Crippen molar-refractivity contribution in [1.82, 2.24) is 15.2 Å². The fourth-order valence-corrected chi connectivity index (χ4v) is 3.22. The molecule has 0 bridgehead atoms. The van der Waals surface area contributed by atoms with Gasteiger partial charge >= 0.3 is 0 Å². The summed E-state index contributed by atoms with van der Waals surface area (Å²) in [5.41, 5.74) is 2.39. The van der Waals surface area contributed by atoms with Crippen LogP contribution < -0.4 is 14.8 Å². The molecule has 1 aliphatic rings. The van der Waals surface area contributed by atoms with E-state index in [1.54, 1.807) is 30.0 Å². The molecule has 0 saturated heterocycles. The largest absolute Gasteiger partial charge is 0.486 e. The minimum Gasteiger partial charge on any atom is -0.486 e. The van der Waals surface area contributed by atoms with Gasteiger partial charge in [-0.05, 0) is 35.9 Å². The van der Waals surface area contributed by atoms with Crippen LogP contribution in [0.5, 0.6) is 11.5 Å². The van der Waals surface area contributed by atoms with Crippen LogP contribution in [0, 0.1) is 0 Å². The first-order valence-corrected chi connectivity index (χ1v) is 9.04. The number of thioether (sulfide) groups is 1. The van der Waals surface area contributed by atoms with Gasteiger partial charge in [0.1, 0.15) is 19.5 Å². The van der Waals surface area contributed by atoms with Crippen LogP contribution in [0.3, 0.4) is 0 Å². The van der Waals surface area contributed by atoms with E-state index in [-0.39, 0.29) is 5.91 Å². The predicted molar refractivity (Wildman–Crippen MR) is 97.8 cm³/mol. The molecule has 2 N–H and O–H groups in total. The number of hydrogen-bond acceptors (Lipinski definition) is 6. The summed E-state index contributed by atoms with van der Waals surface area (Å²) in [7, 11) is 0. The highest BCUT2D eigenvalue weighted by atomic mass is 32.2. The molecule has 0 fully saturated rings. The number of benzene rings is 2. The Morgan fingerprint density at radius 2 is 1.92 bits per heavy atom. The molecule has 2 heterocycles. The van der Waals surface area contributed by atoms with Crippen molar-refractivity contribution < 1.29 is 14.3 Å². The number of nitrogens with one attached hydrogen (secondary N) is 2. The normalized spacial score (nSPS) is 12.6. The smallest absolute Gasteiger partial charge is 0.255 e. The van der Waals surface area contributed by atoms with Crippen molar-refractivity contribution in [2.24, 2.45) is 0 Å².